The van der Waals surface area contributed by atoms with Gasteiger partial charge in [-0.1, -0.05) is 13.8 Å². The molecule has 0 saturated carbocycles. The molecule has 0 aliphatic carbocycles. The molecule has 0 fully saturated rings. The number of hydrogen-bond donors (Lipinski definition) is 3. The molecule has 4 N–H and O–H groups in total. The zero-order valence-corrected chi connectivity index (χ0v) is 15.1. The number of hydrogen-bond acceptors (Lipinski definition) is 6. The summed E-state index contributed by atoms with van der Waals surface area (Å²) in [4.78, 5) is 57.7. The van der Waals surface area contributed by atoms with E-state index in [2.05, 4.69) is 17.1 Å². The Labute approximate surface area is 148 Å². The highest BCUT2D eigenvalue weighted by molar-refractivity contribution is 6.03. The number of nitrogens with one attached hydrogen (secondary N) is 2. The number of amides is 2. The number of rotatable bonds is 12. The van der Waals surface area contributed by atoms with E-state index in [0.717, 1.165) is 0 Å². The molecular formula is C17H27N3O5. The SMILES string of the molecule is CC(C)C[C@H](NC(=O)[C@H](C)N)C(=O)N[C@@H](C)C(=O)CC(=O)C[C]C=O. The smallest absolute Gasteiger partial charge is 0.243 e. The minimum atomic E-state index is -0.894. The molecule has 0 saturated heterocycles. The first-order valence-electron chi connectivity index (χ1n) is 8.16. The molecule has 0 unspecified atom stereocenters. The van der Waals surface area contributed by atoms with E-state index < -0.39 is 47.9 Å². The van der Waals surface area contributed by atoms with E-state index in [9.17, 15) is 24.0 Å². The van der Waals surface area contributed by atoms with Crippen LogP contribution in [0.1, 0.15) is 47.0 Å². The lowest BCUT2D eigenvalue weighted by Crippen LogP contribution is -2.53. The molecular weight excluding hydrogens is 326 g/mol. The Bertz CT molecular complexity index is 503. The van der Waals surface area contributed by atoms with Crippen LogP contribution in [0, 0.1) is 12.3 Å². The molecule has 0 heterocycles. The van der Waals surface area contributed by atoms with Crippen LogP contribution in [0.15, 0.2) is 0 Å². The van der Waals surface area contributed by atoms with Gasteiger partial charge in [-0.3, -0.25) is 19.2 Å². The second kappa shape index (κ2) is 11.5. The Hall–Kier alpha value is -2.09. The molecule has 2 amide bonds. The largest absolute Gasteiger partial charge is 0.345 e. The third kappa shape index (κ3) is 9.71. The monoisotopic (exact) mass is 353 g/mol. The van der Waals surface area contributed by atoms with Crippen molar-refractivity contribution in [1.82, 2.24) is 10.6 Å². The second-order valence-corrected chi connectivity index (χ2v) is 6.39. The van der Waals surface area contributed by atoms with Gasteiger partial charge in [0.2, 0.25) is 11.8 Å². The van der Waals surface area contributed by atoms with Gasteiger partial charge >= 0.3 is 0 Å². The summed E-state index contributed by atoms with van der Waals surface area (Å²) < 4.78 is 0. The lowest BCUT2D eigenvalue weighted by atomic mass is 10.0. The zero-order chi connectivity index (χ0) is 19.6. The summed E-state index contributed by atoms with van der Waals surface area (Å²) in [6.45, 7) is 6.75. The normalized spacial score (nSPS) is 14.3. The third-order valence-electron chi connectivity index (χ3n) is 3.35. The molecule has 0 bridgehead atoms. The van der Waals surface area contributed by atoms with Crippen LogP contribution in [-0.2, 0) is 24.0 Å². The first-order valence-corrected chi connectivity index (χ1v) is 8.16. The van der Waals surface area contributed by atoms with Crippen LogP contribution in [0.2, 0.25) is 0 Å². The fourth-order valence-corrected chi connectivity index (χ4v) is 1.97. The molecule has 0 rings (SSSR count). The molecule has 0 aromatic carbocycles. The number of carbonyl (C=O) groups excluding carboxylic acids is 5. The van der Waals surface area contributed by atoms with Crippen molar-refractivity contribution in [3.8, 4) is 0 Å². The first-order chi connectivity index (χ1) is 11.6. The molecule has 0 aliphatic heterocycles. The van der Waals surface area contributed by atoms with Gasteiger partial charge in [0.05, 0.1) is 24.9 Å². The van der Waals surface area contributed by atoms with Gasteiger partial charge in [0.1, 0.15) is 18.1 Å². The highest BCUT2D eigenvalue weighted by Gasteiger charge is 2.26. The maximum Gasteiger partial charge on any atom is 0.243 e. The average Bonchev–Trinajstić information content (AvgIpc) is 2.51. The van der Waals surface area contributed by atoms with Crippen molar-refractivity contribution < 1.29 is 24.0 Å². The third-order valence-corrected chi connectivity index (χ3v) is 3.35. The summed E-state index contributed by atoms with van der Waals surface area (Å²) in [6.07, 6.45) is 2.29. The lowest BCUT2D eigenvalue weighted by Gasteiger charge is -2.23. The van der Waals surface area contributed by atoms with E-state index in [0.29, 0.717) is 12.7 Å². The number of nitrogens with two attached hydrogens (primary N) is 1. The Morgan fingerprint density at radius 3 is 2.12 bits per heavy atom. The van der Waals surface area contributed by atoms with E-state index >= 15 is 0 Å². The summed E-state index contributed by atoms with van der Waals surface area (Å²) >= 11 is 0. The van der Waals surface area contributed by atoms with Crippen LogP contribution < -0.4 is 16.4 Å². The fourth-order valence-electron chi connectivity index (χ4n) is 1.97. The Kier molecular flexibility index (Phi) is 10.5. The van der Waals surface area contributed by atoms with Gasteiger partial charge in [0.25, 0.3) is 0 Å². The van der Waals surface area contributed by atoms with Gasteiger partial charge in [-0.05, 0) is 26.2 Å². The fraction of sp³-hybridized carbons (Fsp3) is 0.647. The van der Waals surface area contributed by atoms with Crippen LogP contribution in [-0.4, -0.2) is 47.8 Å². The van der Waals surface area contributed by atoms with Crippen molar-refractivity contribution in [2.45, 2.75) is 65.1 Å². The van der Waals surface area contributed by atoms with Gasteiger partial charge in [-0.15, -0.1) is 0 Å². The highest BCUT2D eigenvalue weighted by Crippen LogP contribution is 2.06. The Morgan fingerprint density at radius 1 is 1.04 bits per heavy atom. The van der Waals surface area contributed by atoms with Gasteiger partial charge < -0.3 is 21.2 Å². The topological polar surface area (TPSA) is 135 Å². The van der Waals surface area contributed by atoms with Crippen molar-refractivity contribution >= 4 is 29.7 Å². The van der Waals surface area contributed by atoms with Gasteiger partial charge in [-0.25, -0.2) is 0 Å². The summed E-state index contributed by atoms with van der Waals surface area (Å²) in [5, 5.41) is 5.06. The molecule has 8 nitrogen and oxygen atoms in total. The van der Waals surface area contributed by atoms with Crippen molar-refractivity contribution in [3.63, 3.8) is 0 Å². The van der Waals surface area contributed by atoms with Crippen LogP contribution >= 0.6 is 0 Å². The van der Waals surface area contributed by atoms with Gasteiger partial charge in [0.15, 0.2) is 5.78 Å². The molecule has 3 atom stereocenters. The molecule has 0 aromatic heterocycles. The minimum absolute atomic E-state index is 0.131. The standard InChI is InChI=1S/C17H27N3O5/c1-10(2)8-14(20-16(24)11(3)18)17(25)19-12(4)15(23)9-13(22)6-5-7-21/h7,10-12,14H,6,8-9,18H2,1-4H3,(H,19,25)(H,20,24)/t11-,12-,14-/m0/s1. The average molecular weight is 353 g/mol. The predicted molar refractivity (Wildman–Crippen MR) is 91.2 cm³/mol. The maximum absolute atomic E-state index is 12.3. The number of carbonyl (C=O) groups is 5. The lowest BCUT2D eigenvalue weighted by molar-refractivity contribution is -0.133. The van der Waals surface area contributed by atoms with Crippen molar-refractivity contribution in [3.05, 3.63) is 6.42 Å². The van der Waals surface area contributed by atoms with Crippen LogP contribution in [0.3, 0.4) is 0 Å². The molecule has 140 valence electrons. The second-order valence-electron chi connectivity index (χ2n) is 6.39. The summed E-state index contributed by atoms with van der Waals surface area (Å²) in [5.41, 5.74) is 5.49. The van der Waals surface area contributed by atoms with Crippen molar-refractivity contribution in [1.29, 1.82) is 0 Å². The zero-order valence-electron chi connectivity index (χ0n) is 15.1. The molecule has 2 radical (unpaired) electrons. The van der Waals surface area contributed by atoms with Crippen molar-refractivity contribution in [2.24, 2.45) is 11.7 Å². The van der Waals surface area contributed by atoms with E-state index in [1.807, 2.05) is 13.8 Å². The molecule has 25 heavy (non-hydrogen) atoms. The summed E-state index contributed by atoms with van der Waals surface area (Å²) in [5.74, 6) is -1.78. The van der Waals surface area contributed by atoms with Gasteiger partial charge in [-0.2, -0.15) is 0 Å². The van der Waals surface area contributed by atoms with Crippen LogP contribution in [0.4, 0.5) is 0 Å². The van der Waals surface area contributed by atoms with Crippen molar-refractivity contribution in [2.75, 3.05) is 0 Å². The minimum Gasteiger partial charge on any atom is -0.345 e. The first kappa shape index (κ1) is 22.9. The Balaban J connectivity index is 4.74. The van der Waals surface area contributed by atoms with Gasteiger partial charge in [0, 0.05) is 6.42 Å². The molecule has 0 aromatic rings. The highest BCUT2D eigenvalue weighted by atomic mass is 16.2. The molecule has 0 spiro atoms. The van der Waals surface area contributed by atoms with E-state index in [4.69, 9.17) is 5.73 Å². The number of Topliss-reactive ketones (excluding diaryl/α,β-unsaturated/α-hetero) is 2. The van der Waals surface area contributed by atoms with E-state index in [1.165, 1.54) is 13.8 Å². The molecule has 8 heteroatoms. The Morgan fingerprint density at radius 2 is 1.64 bits per heavy atom. The molecule has 0 aliphatic rings. The predicted octanol–water partition coefficient (Wildman–Crippen LogP) is -0.432. The number of ketones is 2. The van der Waals surface area contributed by atoms with E-state index in [1.54, 1.807) is 0 Å². The maximum atomic E-state index is 12.3. The number of aldehydes is 1. The quantitative estimate of drug-likeness (QED) is 0.322. The summed E-state index contributed by atoms with van der Waals surface area (Å²) in [7, 11) is 0. The van der Waals surface area contributed by atoms with Crippen LogP contribution in [0.25, 0.3) is 0 Å². The summed E-state index contributed by atoms with van der Waals surface area (Å²) in [6, 6.07) is -2.47. The van der Waals surface area contributed by atoms with E-state index in [-0.39, 0.29) is 12.3 Å². The van der Waals surface area contributed by atoms with Crippen LogP contribution in [0.5, 0.6) is 0 Å².